The fourth-order valence-corrected chi connectivity index (χ4v) is 7.34. The summed E-state index contributed by atoms with van der Waals surface area (Å²) in [4.78, 5) is 28.7. The number of nitrogens with zero attached hydrogens (tertiary/aromatic N) is 6. The van der Waals surface area contributed by atoms with Gasteiger partial charge in [-0.2, -0.15) is 0 Å². The van der Waals surface area contributed by atoms with E-state index in [4.69, 9.17) is 19.9 Å². The maximum atomic E-state index is 5.17. The third-order valence-electron chi connectivity index (χ3n) is 9.89. The summed E-state index contributed by atoms with van der Waals surface area (Å²) in [5.41, 5.74) is 10.1. The number of rotatable bonds is 6. The molecule has 0 aliphatic carbocycles. The molecule has 0 saturated heterocycles. The van der Waals surface area contributed by atoms with Gasteiger partial charge in [-0.25, -0.2) is 19.9 Å². The van der Waals surface area contributed by atoms with Crippen LogP contribution >= 0.6 is 0 Å². The standard InChI is InChI=1S/C48H30N6/c1-2-12-32(13-3-1)44-28-42(45-38-18-5-4-11-31(38)21-24-43(45)51-44)34-15-8-14-33(27-34)37-22-23-41(40-20-7-6-19-39(37)40)48-53-46(35-16-9-25-49-29-35)52-47(54-48)36-17-10-26-50-30-36/h1-30H. The Morgan fingerprint density at radius 2 is 0.907 bits per heavy atom. The number of benzene rings is 6. The van der Waals surface area contributed by atoms with Crippen LogP contribution in [0.5, 0.6) is 0 Å². The quantitative estimate of drug-likeness (QED) is 0.162. The molecule has 0 saturated carbocycles. The van der Waals surface area contributed by atoms with Crippen LogP contribution in [0.3, 0.4) is 0 Å². The fraction of sp³-hybridized carbons (Fsp3) is 0. The zero-order chi connectivity index (χ0) is 35.8. The van der Waals surface area contributed by atoms with Gasteiger partial charge in [-0.1, -0.05) is 109 Å². The van der Waals surface area contributed by atoms with Gasteiger partial charge in [-0.15, -0.1) is 0 Å². The summed E-state index contributed by atoms with van der Waals surface area (Å²) in [6, 6.07) is 54.8. The number of pyridine rings is 3. The summed E-state index contributed by atoms with van der Waals surface area (Å²) >= 11 is 0. The molecule has 0 fully saturated rings. The molecule has 6 aromatic carbocycles. The molecule has 0 spiro atoms. The van der Waals surface area contributed by atoms with Gasteiger partial charge in [-0.3, -0.25) is 9.97 Å². The van der Waals surface area contributed by atoms with Crippen molar-refractivity contribution in [2.45, 2.75) is 0 Å². The molecular weight excluding hydrogens is 661 g/mol. The minimum Gasteiger partial charge on any atom is -0.264 e. The van der Waals surface area contributed by atoms with E-state index >= 15 is 0 Å². The molecule has 6 nitrogen and oxygen atoms in total. The molecule has 0 radical (unpaired) electrons. The van der Waals surface area contributed by atoms with Gasteiger partial charge in [0, 0.05) is 52.4 Å². The molecule has 0 unspecified atom stereocenters. The van der Waals surface area contributed by atoms with Crippen LogP contribution in [0, 0.1) is 0 Å². The first-order chi connectivity index (χ1) is 26.8. The van der Waals surface area contributed by atoms with Gasteiger partial charge in [0.25, 0.3) is 0 Å². The van der Waals surface area contributed by atoms with Crippen molar-refractivity contribution in [1.82, 2.24) is 29.9 Å². The van der Waals surface area contributed by atoms with Gasteiger partial charge in [0.1, 0.15) is 0 Å². The summed E-state index contributed by atoms with van der Waals surface area (Å²) in [5, 5.41) is 5.68. The van der Waals surface area contributed by atoms with E-state index < -0.39 is 0 Å². The smallest absolute Gasteiger partial charge is 0.165 e. The largest absolute Gasteiger partial charge is 0.264 e. The van der Waals surface area contributed by atoms with Crippen LogP contribution in [-0.2, 0) is 0 Å². The second kappa shape index (κ2) is 13.3. The van der Waals surface area contributed by atoms with Gasteiger partial charge in [0.15, 0.2) is 17.5 Å². The SMILES string of the molecule is c1ccc(-c2cc(-c3cccc(-c4ccc(-c5nc(-c6cccnc6)nc(-c6cccnc6)n5)c5ccccc45)c3)c3c(ccc4ccccc43)n2)cc1. The van der Waals surface area contributed by atoms with Crippen molar-refractivity contribution in [2.24, 2.45) is 0 Å². The summed E-state index contributed by atoms with van der Waals surface area (Å²) in [6.07, 6.45) is 7.04. The van der Waals surface area contributed by atoms with E-state index in [1.165, 1.54) is 10.8 Å². The van der Waals surface area contributed by atoms with Gasteiger partial charge < -0.3 is 0 Å². The van der Waals surface area contributed by atoms with Gasteiger partial charge in [0.05, 0.1) is 11.2 Å². The van der Waals surface area contributed by atoms with Crippen LogP contribution in [0.1, 0.15) is 0 Å². The molecule has 0 aliphatic rings. The molecule has 4 aromatic heterocycles. The zero-order valence-electron chi connectivity index (χ0n) is 29.0. The maximum Gasteiger partial charge on any atom is 0.165 e. The monoisotopic (exact) mass is 690 g/mol. The Bertz CT molecular complexity index is 2930. The second-order valence-electron chi connectivity index (χ2n) is 13.2. The van der Waals surface area contributed by atoms with Crippen LogP contribution in [0.2, 0.25) is 0 Å². The highest BCUT2D eigenvalue weighted by Gasteiger charge is 2.18. The minimum absolute atomic E-state index is 0.555. The number of aromatic nitrogens is 6. The molecule has 0 bridgehead atoms. The molecule has 0 aliphatic heterocycles. The lowest BCUT2D eigenvalue weighted by molar-refractivity contribution is 1.07. The van der Waals surface area contributed by atoms with Crippen LogP contribution < -0.4 is 0 Å². The minimum atomic E-state index is 0.555. The molecule has 4 heterocycles. The Morgan fingerprint density at radius 3 is 1.61 bits per heavy atom. The molecule has 10 rings (SSSR count). The average molecular weight is 691 g/mol. The van der Waals surface area contributed by atoms with E-state index in [1.54, 1.807) is 24.8 Å². The van der Waals surface area contributed by atoms with E-state index in [-0.39, 0.29) is 0 Å². The van der Waals surface area contributed by atoms with Crippen LogP contribution in [0.4, 0.5) is 0 Å². The highest BCUT2D eigenvalue weighted by atomic mass is 15.0. The Balaban J connectivity index is 1.15. The van der Waals surface area contributed by atoms with Crippen LogP contribution in [0.15, 0.2) is 183 Å². The van der Waals surface area contributed by atoms with E-state index in [0.717, 1.165) is 71.9 Å². The van der Waals surface area contributed by atoms with Crippen molar-refractivity contribution in [3.05, 3.63) is 183 Å². The molecule has 6 heteroatoms. The van der Waals surface area contributed by atoms with Crippen molar-refractivity contribution >= 4 is 32.4 Å². The molecule has 54 heavy (non-hydrogen) atoms. The van der Waals surface area contributed by atoms with Crippen molar-refractivity contribution in [3.63, 3.8) is 0 Å². The first kappa shape index (κ1) is 31.3. The van der Waals surface area contributed by atoms with Gasteiger partial charge in [-0.05, 0) is 92.3 Å². The van der Waals surface area contributed by atoms with Crippen molar-refractivity contribution in [2.75, 3.05) is 0 Å². The molecule has 0 N–H and O–H groups in total. The second-order valence-corrected chi connectivity index (χ2v) is 13.2. The molecular formula is C48H30N6. The van der Waals surface area contributed by atoms with E-state index in [0.29, 0.717) is 17.5 Å². The highest BCUT2D eigenvalue weighted by Crippen LogP contribution is 2.40. The molecule has 0 amide bonds. The van der Waals surface area contributed by atoms with Crippen molar-refractivity contribution in [1.29, 1.82) is 0 Å². The zero-order valence-corrected chi connectivity index (χ0v) is 29.0. The van der Waals surface area contributed by atoms with Crippen LogP contribution in [0.25, 0.3) is 100 Å². The lowest BCUT2D eigenvalue weighted by Crippen LogP contribution is -2.01. The summed E-state index contributed by atoms with van der Waals surface area (Å²) in [7, 11) is 0. The summed E-state index contributed by atoms with van der Waals surface area (Å²) < 4.78 is 0. The van der Waals surface area contributed by atoms with Crippen LogP contribution in [-0.4, -0.2) is 29.9 Å². The molecule has 252 valence electrons. The Kier molecular flexibility index (Phi) is 7.69. The van der Waals surface area contributed by atoms with Crippen molar-refractivity contribution in [3.8, 4) is 67.7 Å². The Hall–Kier alpha value is -7.44. The highest BCUT2D eigenvalue weighted by molar-refractivity contribution is 6.14. The third kappa shape index (κ3) is 5.63. The summed E-state index contributed by atoms with van der Waals surface area (Å²) in [5.74, 6) is 1.70. The topological polar surface area (TPSA) is 77.3 Å². The van der Waals surface area contributed by atoms with E-state index in [9.17, 15) is 0 Å². The first-order valence-corrected chi connectivity index (χ1v) is 17.8. The van der Waals surface area contributed by atoms with E-state index in [2.05, 4.69) is 137 Å². The Labute approximate surface area is 311 Å². The van der Waals surface area contributed by atoms with Gasteiger partial charge in [0.2, 0.25) is 0 Å². The third-order valence-corrected chi connectivity index (χ3v) is 9.89. The lowest BCUT2D eigenvalue weighted by Gasteiger charge is -2.15. The fourth-order valence-electron chi connectivity index (χ4n) is 7.34. The Morgan fingerprint density at radius 1 is 0.333 bits per heavy atom. The number of hydrogen-bond donors (Lipinski definition) is 0. The lowest BCUT2D eigenvalue weighted by atomic mass is 9.90. The number of hydrogen-bond acceptors (Lipinski definition) is 6. The normalized spacial score (nSPS) is 11.3. The van der Waals surface area contributed by atoms with Gasteiger partial charge >= 0.3 is 0 Å². The maximum absolute atomic E-state index is 5.17. The predicted octanol–water partition coefficient (Wildman–Crippen LogP) is 11.5. The van der Waals surface area contributed by atoms with Crippen molar-refractivity contribution < 1.29 is 0 Å². The summed E-state index contributed by atoms with van der Waals surface area (Å²) in [6.45, 7) is 0. The van der Waals surface area contributed by atoms with E-state index in [1.807, 2.05) is 30.3 Å². The number of fused-ring (bicyclic) bond motifs is 4. The predicted molar refractivity (Wildman–Crippen MR) is 218 cm³/mol. The first-order valence-electron chi connectivity index (χ1n) is 17.8. The molecule has 0 atom stereocenters. The average Bonchev–Trinajstić information content (AvgIpc) is 3.26. The molecule has 10 aromatic rings.